The lowest BCUT2D eigenvalue weighted by Crippen LogP contribution is -2.34. The maximum atomic E-state index is 14.3. The fraction of sp³-hybridized carbons (Fsp3) is 0.136. The molecule has 0 saturated carbocycles. The van der Waals surface area contributed by atoms with Crippen LogP contribution in [0.5, 0.6) is 0 Å². The Bertz CT molecular complexity index is 1340. The second-order valence-electron chi connectivity index (χ2n) is 7.34. The van der Waals surface area contributed by atoms with E-state index in [2.05, 4.69) is 15.2 Å². The minimum absolute atomic E-state index is 0.188. The van der Waals surface area contributed by atoms with E-state index in [9.17, 15) is 17.2 Å². The highest BCUT2D eigenvalue weighted by Crippen LogP contribution is 2.34. The number of nitrogens with one attached hydrogen (secondary N) is 2. The summed E-state index contributed by atoms with van der Waals surface area (Å²) in [5, 5.41) is 5.44. The van der Waals surface area contributed by atoms with Crippen molar-refractivity contribution in [2.75, 3.05) is 0 Å². The van der Waals surface area contributed by atoms with E-state index in [1.54, 1.807) is 24.3 Å². The van der Waals surface area contributed by atoms with Gasteiger partial charge in [0.1, 0.15) is 16.5 Å². The van der Waals surface area contributed by atoms with Gasteiger partial charge in [0.05, 0.1) is 17.8 Å². The van der Waals surface area contributed by atoms with E-state index in [1.807, 2.05) is 12.1 Å². The molecule has 0 bridgehead atoms. The molecule has 0 aliphatic carbocycles. The van der Waals surface area contributed by atoms with Crippen molar-refractivity contribution in [2.24, 2.45) is 5.10 Å². The van der Waals surface area contributed by atoms with E-state index in [4.69, 9.17) is 34.8 Å². The van der Waals surface area contributed by atoms with Crippen molar-refractivity contribution in [1.29, 1.82) is 0 Å². The van der Waals surface area contributed by atoms with E-state index in [0.29, 0.717) is 33.8 Å². The van der Waals surface area contributed by atoms with Gasteiger partial charge in [-0.25, -0.2) is 17.2 Å². The molecule has 0 radical (unpaired) electrons. The first-order valence-corrected chi connectivity index (χ1v) is 12.3. The Labute approximate surface area is 204 Å². The Morgan fingerprint density at radius 3 is 2.36 bits per heavy atom. The summed E-state index contributed by atoms with van der Waals surface area (Å²) in [6.45, 7) is 0. The van der Waals surface area contributed by atoms with Crippen LogP contribution in [0.1, 0.15) is 29.6 Å². The van der Waals surface area contributed by atoms with Crippen LogP contribution in [-0.2, 0) is 10.0 Å². The molecule has 3 aromatic carbocycles. The van der Waals surface area contributed by atoms with Crippen LogP contribution in [0, 0.1) is 11.6 Å². The number of hydrogen-bond donors (Lipinski definition) is 2. The molecule has 3 aromatic rings. The van der Waals surface area contributed by atoms with Crippen LogP contribution in [0.3, 0.4) is 0 Å². The highest BCUT2D eigenvalue weighted by Gasteiger charge is 2.33. The molecular weight excluding hydrogens is 515 g/mol. The van der Waals surface area contributed by atoms with Crippen molar-refractivity contribution < 1.29 is 17.2 Å². The Balaban J connectivity index is 1.70. The van der Waals surface area contributed by atoms with Gasteiger partial charge >= 0.3 is 0 Å². The van der Waals surface area contributed by atoms with Gasteiger partial charge in [-0.05, 0) is 53.6 Å². The predicted octanol–water partition coefficient (Wildman–Crippen LogP) is 6.04. The van der Waals surface area contributed by atoms with Crippen molar-refractivity contribution in [3.63, 3.8) is 0 Å². The second-order valence-corrected chi connectivity index (χ2v) is 10.3. The topological polar surface area (TPSA) is 70.6 Å². The minimum Gasteiger partial charge on any atom is -0.302 e. The van der Waals surface area contributed by atoms with Crippen LogP contribution in [0.15, 0.2) is 70.7 Å². The summed E-state index contributed by atoms with van der Waals surface area (Å²) in [5.74, 6) is -1.98. The predicted molar refractivity (Wildman–Crippen MR) is 125 cm³/mol. The van der Waals surface area contributed by atoms with Gasteiger partial charge in [0.15, 0.2) is 0 Å². The molecule has 33 heavy (non-hydrogen) atoms. The van der Waals surface area contributed by atoms with Crippen molar-refractivity contribution in [2.45, 2.75) is 23.4 Å². The highest BCUT2D eigenvalue weighted by atomic mass is 35.5. The summed E-state index contributed by atoms with van der Waals surface area (Å²) in [6, 6.07) is 12.6. The molecule has 2 N–H and O–H groups in total. The molecule has 172 valence electrons. The number of nitrogens with zero attached hydrogens (tertiary/aromatic N) is 1. The largest absolute Gasteiger partial charge is 0.302 e. The fourth-order valence-corrected chi connectivity index (χ4v) is 5.42. The van der Waals surface area contributed by atoms with Gasteiger partial charge in [0, 0.05) is 21.5 Å². The molecule has 11 heteroatoms. The third kappa shape index (κ3) is 5.31. The van der Waals surface area contributed by atoms with Crippen LogP contribution < -0.4 is 10.1 Å². The molecule has 1 unspecified atom stereocenters. The third-order valence-electron chi connectivity index (χ3n) is 5.11. The zero-order valence-corrected chi connectivity index (χ0v) is 19.8. The lowest BCUT2D eigenvalue weighted by molar-refractivity contribution is 0.543. The molecule has 2 atom stereocenters. The Hall–Kier alpha value is -2.23. The molecule has 0 aromatic heterocycles. The molecule has 1 heterocycles. The van der Waals surface area contributed by atoms with Crippen LogP contribution >= 0.6 is 34.8 Å². The molecule has 4 rings (SSSR count). The van der Waals surface area contributed by atoms with Crippen molar-refractivity contribution in [1.82, 2.24) is 10.1 Å². The van der Waals surface area contributed by atoms with E-state index in [1.165, 1.54) is 6.07 Å². The first kappa shape index (κ1) is 23.9. The van der Waals surface area contributed by atoms with Crippen molar-refractivity contribution in [3.05, 3.63) is 98.5 Å². The van der Waals surface area contributed by atoms with Gasteiger partial charge < -0.3 is 5.43 Å². The van der Waals surface area contributed by atoms with Crippen LogP contribution in [0.4, 0.5) is 8.78 Å². The lowest BCUT2D eigenvalue weighted by atomic mass is 9.96. The SMILES string of the molecule is O=S(=O)(N[C@@H](C1=NNC(c2ccc(Cl)cc2)C1)c1ccc(Cl)cc1Cl)c1cc(F)ccc1F. The number of benzene rings is 3. The molecule has 0 saturated heterocycles. The number of sulfonamides is 1. The van der Waals surface area contributed by atoms with Crippen molar-refractivity contribution in [3.8, 4) is 0 Å². The van der Waals surface area contributed by atoms with Gasteiger partial charge in [-0.2, -0.15) is 9.82 Å². The number of hydrogen-bond acceptors (Lipinski definition) is 4. The van der Waals surface area contributed by atoms with Gasteiger partial charge in [0.2, 0.25) is 10.0 Å². The van der Waals surface area contributed by atoms with E-state index >= 15 is 0 Å². The average Bonchev–Trinajstić information content (AvgIpc) is 3.25. The molecule has 0 amide bonds. The van der Waals surface area contributed by atoms with E-state index < -0.39 is 32.6 Å². The van der Waals surface area contributed by atoms with Crippen LogP contribution in [0.25, 0.3) is 0 Å². The van der Waals surface area contributed by atoms with E-state index in [0.717, 1.165) is 17.7 Å². The minimum atomic E-state index is -4.50. The summed E-state index contributed by atoms with van der Waals surface area (Å²) in [4.78, 5) is -0.821. The first-order chi connectivity index (χ1) is 15.6. The lowest BCUT2D eigenvalue weighted by Gasteiger charge is -2.21. The molecule has 1 aliphatic heterocycles. The van der Waals surface area contributed by atoms with Gasteiger partial charge in [-0.15, -0.1) is 0 Å². The zero-order chi connectivity index (χ0) is 23.8. The second kappa shape index (κ2) is 9.56. The normalized spacial score (nSPS) is 16.9. The summed E-state index contributed by atoms with van der Waals surface area (Å²) in [5.41, 5.74) is 4.63. The summed E-state index contributed by atoms with van der Waals surface area (Å²) < 4.78 is 56.4. The van der Waals surface area contributed by atoms with Gasteiger partial charge in [0.25, 0.3) is 0 Å². The Morgan fingerprint density at radius 1 is 0.970 bits per heavy atom. The smallest absolute Gasteiger partial charge is 0.244 e. The quantitative estimate of drug-likeness (QED) is 0.408. The summed E-state index contributed by atoms with van der Waals surface area (Å²) in [7, 11) is -4.50. The molecule has 5 nitrogen and oxygen atoms in total. The van der Waals surface area contributed by atoms with E-state index in [-0.39, 0.29) is 11.1 Å². The average molecular weight is 531 g/mol. The monoisotopic (exact) mass is 529 g/mol. The number of hydrazone groups is 1. The number of rotatable bonds is 6. The number of halogens is 5. The maximum absolute atomic E-state index is 14.3. The first-order valence-electron chi connectivity index (χ1n) is 9.64. The summed E-state index contributed by atoms with van der Waals surface area (Å²) >= 11 is 18.3. The van der Waals surface area contributed by atoms with Gasteiger partial charge in [-0.3, -0.25) is 0 Å². The maximum Gasteiger partial charge on any atom is 0.244 e. The van der Waals surface area contributed by atoms with Gasteiger partial charge in [-0.1, -0.05) is 53.0 Å². The molecule has 0 spiro atoms. The summed E-state index contributed by atoms with van der Waals surface area (Å²) in [6.07, 6.45) is 0.319. The van der Waals surface area contributed by atoms with Crippen LogP contribution in [0.2, 0.25) is 15.1 Å². The standard InChI is InChI=1S/C22H16Cl3F2N3O2S/c23-13-3-1-12(2-4-13)19-11-20(29-28-19)22(16-7-5-14(24)9-17(16)25)30-33(31,32)21-10-15(26)6-8-18(21)27/h1-10,19,22,28,30H,11H2/t19?,22-/m1/s1. The fourth-order valence-electron chi connectivity index (χ4n) is 3.48. The van der Waals surface area contributed by atoms with Crippen LogP contribution in [-0.4, -0.2) is 14.1 Å². The Kier molecular flexibility index (Phi) is 6.93. The zero-order valence-electron chi connectivity index (χ0n) is 16.7. The van der Waals surface area contributed by atoms with Crippen molar-refractivity contribution >= 4 is 50.5 Å². The third-order valence-corrected chi connectivity index (χ3v) is 7.36. The molecule has 1 aliphatic rings. The molecular formula is C22H16Cl3F2N3O2S. The Morgan fingerprint density at radius 2 is 1.67 bits per heavy atom. The highest BCUT2D eigenvalue weighted by molar-refractivity contribution is 7.89. The molecule has 0 fully saturated rings.